The van der Waals surface area contributed by atoms with Crippen LogP contribution in [-0.4, -0.2) is 14.1 Å². The fraction of sp³-hybridized carbons (Fsp3) is 0. The van der Waals surface area contributed by atoms with Crippen LogP contribution < -0.4 is 0 Å². The molecule has 0 spiro atoms. The zero-order chi connectivity index (χ0) is 33.5. The first kappa shape index (κ1) is 28.4. The molecule has 238 valence electrons. The Morgan fingerprint density at radius 1 is 0.431 bits per heavy atom. The Kier molecular flexibility index (Phi) is 6.12. The number of para-hydroxylation sites is 3. The van der Waals surface area contributed by atoms with Gasteiger partial charge in [-0.2, -0.15) is 0 Å². The summed E-state index contributed by atoms with van der Waals surface area (Å²) < 4.78 is 7.39. The van der Waals surface area contributed by atoms with Crippen molar-refractivity contribution in [1.82, 2.24) is 14.1 Å². The molecule has 0 N–H and O–H groups in total. The minimum atomic E-state index is 0.925. The smallest absolute Gasteiger partial charge is 0.145 e. The lowest BCUT2D eigenvalue weighted by atomic mass is 10.0. The van der Waals surface area contributed by atoms with Gasteiger partial charge in [-0.3, -0.25) is 4.57 Å². The molecule has 0 aliphatic heterocycles. The van der Waals surface area contributed by atoms with E-state index in [1.807, 2.05) is 11.3 Å². The Morgan fingerprint density at radius 2 is 1.14 bits per heavy atom. The summed E-state index contributed by atoms with van der Waals surface area (Å²) in [6, 6.07) is 63.6. The predicted molar refractivity (Wildman–Crippen MR) is 217 cm³/mol. The number of rotatable bonds is 4. The van der Waals surface area contributed by atoms with Gasteiger partial charge in [0.05, 0.1) is 27.8 Å². The van der Waals surface area contributed by atoms with Gasteiger partial charge in [0, 0.05) is 47.6 Å². The van der Waals surface area contributed by atoms with Crippen molar-refractivity contribution in [3.63, 3.8) is 0 Å². The highest BCUT2D eigenvalue weighted by molar-refractivity contribution is 7.26. The first-order valence-electron chi connectivity index (χ1n) is 17.3. The van der Waals surface area contributed by atoms with Crippen LogP contribution in [0.4, 0.5) is 0 Å². The molecule has 8 aromatic carbocycles. The summed E-state index contributed by atoms with van der Waals surface area (Å²) in [7, 11) is 0. The number of benzene rings is 8. The molecule has 11 aromatic rings. The van der Waals surface area contributed by atoms with E-state index in [9.17, 15) is 0 Å². The molecule has 0 saturated carbocycles. The van der Waals surface area contributed by atoms with Crippen LogP contribution in [0.5, 0.6) is 0 Å². The molecule has 0 bridgehead atoms. The van der Waals surface area contributed by atoms with Crippen molar-refractivity contribution >= 4 is 75.1 Å². The molecular formula is C47H29N3S. The number of nitrogens with zero attached hydrogens (tertiary/aromatic N) is 3. The highest BCUT2D eigenvalue weighted by Gasteiger charge is 2.19. The first-order valence-corrected chi connectivity index (χ1v) is 18.1. The topological polar surface area (TPSA) is 22.8 Å². The maximum absolute atomic E-state index is 5.25. The van der Waals surface area contributed by atoms with Gasteiger partial charge in [0.25, 0.3) is 0 Å². The van der Waals surface area contributed by atoms with E-state index in [0.717, 1.165) is 33.8 Å². The van der Waals surface area contributed by atoms with Gasteiger partial charge in [0.1, 0.15) is 5.82 Å². The molecule has 0 fully saturated rings. The minimum absolute atomic E-state index is 0.925. The van der Waals surface area contributed by atoms with Gasteiger partial charge in [0.2, 0.25) is 0 Å². The fourth-order valence-electron chi connectivity index (χ4n) is 8.04. The maximum Gasteiger partial charge on any atom is 0.145 e. The number of hydrogen-bond acceptors (Lipinski definition) is 2. The van der Waals surface area contributed by atoms with Gasteiger partial charge in [0.15, 0.2) is 0 Å². The third-order valence-corrected chi connectivity index (χ3v) is 11.5. The minimum Gasteiger partial charge on any atom is -0.309 e. The molecule has 3 heterocycles. The maximum atomic E-state index is 5.25. The van der Waals surface area contributed by atoms with Gasteiger partial charge >= 0.3 is 0 Å². The molecule has 3 nitrogen and oxygen atoms in total. The Balaban J connectivity index is 1.11. The van der Waals surface area contributed by atoms with Gasteiger partial charge in [-0.15, -0.1) is 11.3 Å². The average molecular weight is 668 g/mol. The van der Waals surface area contributed by atoms with Gasteiger partial charge < -0.3 is 4.57 Å². The normalized spacial score (nSPS) is 11.9. The molecule has 0 atom stereocenters. The zero-order valence-electron chi connectivity index (χ0n) is 27.5. The van der Waals surface area contributed by atoms with E-state index in [1.54, 1.807) is 0 Å². The Labute approximate surface area is 297 Å². The second-order valence-electron chi connectivity index (χ2n) is 13.2. The van der Waals surface area contributed by atoms with Crippen LogP contribution in [0.1, 0.15) is 0 Å². The fourth-order valence-corrected chi connectivity index (χ4v) is 9.28. The molecule has 4 heteroatoms. The lowest BCUT2D eigenvalue weighted by molar-refractivity contribution is 1.11. The first-order chi connectivity index (χ1) is 25.3. The van der Waals surface area contributed by atoms with Crippen LogP contribution >= 0.6 is 11.3 Å². The average Bonchev–Trinajstić information content (AvgIpc) is 3.87. The van der Waals surface area contributed by atoms with Crippen molar-refractivity contribution < 1.29 is 0 Å². The van der Waals surface area contributed by atoms with E-state index < -0.39 is 0 Å². The van der Waals surface area contributed by atoms with E-state index >= 15 is 0 Å². The van der Waals surface area contributed by atoms with Crippen LogP contribution in [0, 0.1) is 0 Å². The third-order valence-electron chi connectivity index (χ3n) is 10.3. The van der Waals surface area contributed by atoms with Crippen molar-refractivity contribution in [2.24, 2.45) is 0 Å². The highest BCUT2D eigenvalue weighted by Crippen LogP contribution is 2.42. The Morgan fingerprint density at radius 3 is 2.08 bits per heavy atom. The summed E-state index contributed by atoms with van der Waals surface area (Å²) >= 11 is 1.88. The SMILES string of the molecule is c1cc(-c2nc3ccccc3n2-c2cccc3ccccc23)cc(-n2c3ccccc3c3cc(-c4cccc5c4sc4ccccc45)ccc32)c1. The second-order valence-corrected chi connectivity index (χ2v) is 14.2. The Bertz CT molecular complexity index is 3150. The summed E-state index contributed by atoms with van der Waals surface area (Å²) in [4.78, 5) is 5.25. The zero-order valence-corrected chi connectivity index (χ0v) is 28.3. The number of fused-ring (bicyclic) bond motifs is 8. The highest BCUT2D eigenvalue weighted by atomic mass is 32.1. The van der Waals surface area contributed by atoms with Crippen molar-refractivity contribution in [3.8, 4) is 33.9 Å². The van der Waals surface area contributed by atoms with E-state index in [0.29, 0.717) is 0 Å². The molecule has 0 radical (unpaired) electrons. The molecule has 11 rings (SSSR count). The molecule has 51 heavy (non-hydrogen) atoms. The van der Waals surface area contributed by atoms with Crippen LogP contribution in [0.25, 0.3) is 97.7 Å². The summed E-state index contributed by atoms with van der Waals surface area (Å²) in [5.74, 6) is 0.925. The molecule has 0 amide bonds. The largest absolute Gasteiger partial charge is 0.309 e. The van der Waals surface area contributed by atoms with Crippen LogP contribution in [0.2, 0.25) is 0 Å². The lowest BCUT2D eigenvalue weighted by Gasteiger charge is -2.14. The predicted octanol–water partition coefficient (Wildman–Crippen LogP) is 13.0. The molecule has 0 aliphatic rings. The Hall–Kier alpha value is -6.49. The summed E-state index contributed by atoms with van der Waals surface area (Å²) in [6.45, 7) is 0. The number of imidazole rings is 1. The monoisotopic (exact) mass is 667 g/mol. The van der Waals surface area contributed by atoms with Gasteiger partial charge in [-0.1, -0.05) is 121 Å². The summed E-state index contributed by atoms with van der Waals surface area (Å²) in [5.41, 5.74) is 10.2. The molecule has 0 aliphatic carbocycles. The van der Waals surface area contributed by atoms with E-state index in [-0.39, 0.29) is 0 Å². The number of aromatic nitrogens is 3. The van der Waals surface area contributed by atoms with E-state index in [4.69, 9.17) is 4.98 Å². The standard InChI is InChI=1S/C47H29N3S/c1-2-16-34-30(12-1)13-10-24-41(34)50-44-23-7-5-21-40(44)48-47(50)32-14-9-15-33(28-32)49-42-22-6-3-17-36(42)39-29-31(26-27-43(39)49)35-19-11-20-38-37-18-4-8-25-45(37)51-46(35)38/h1-29H. The van der Waals surface area contributed by atoms with Crippen LogP contribution in [0.3, 0.4) is 0 Å². The van der Waals surface area contributed by atoms with Crippen LogP contribution in [0.15, 0.2) is 176 Å². The third kappa shape index (κ3) is 4.27. The quantitative estimate of drug-likeness (QED) is 0.183. The van der Waals surface area contributed by atoms with Gasteiger partial charge in [-0.05, 0) is 71.1 Å². The number of hydrogen-bond donors (Lipinski definition) is 0. The van der Waals surface area contributed by atoms with Crippen molar-refractivity contribution in [2.75, 3.05) is 0 Å². The molecule has 0 unspecified atom stereocenters. The second kappa shape index (κ2) is 11.0. The van der Waals surface area contributed by atoms with Crippen molar-refractivity contribution in [1.29, 1.82) is 0 Å². The van der Waals surface area contributed by atoms with E-state index in [1.165, 1.54) is 63.9 Å². The number of thiophene rings is 1. The molecule has 3 aromatic heterocycles. The van der Waals surface area contributed by atoms with Crippen molar-refractivity contribution in [3.05, 3.63) is 176 Å². The van der Waals surface area contributed by atoms with Gasteiger partial charge in [-0.25, -0.2) is 4.98 Å². The van der Waals surface area contributed by atoms with E-state index in [2.05, 4.69) is 185 Å². The summed E-state index contributed by atoms with van der Waals surface area (Å²) in [5, 5.41) is 7.54. The molecular weight excluding hydrogens is 639 g/mol. The lowest BCUT2D eigenvalue weighted by Crippen LogP contribution is -2.00. The summed E-state index contributed by atoms with van der Waals surface area (Å²) in [6.07, 6.45) is 0. The van der Waals surface area contributed by atoms with Crippen LogP contribution in [-0.2, 0) is 0 Å². The molecule has 0 saturated heterocycles. The van der Waals surface area contributed by atoms with Crippen molar-refractivity contribution in [2.45, 2.75) is 0 Å².